The summed E-state index contributed by atoms with van der Waals surface area (Å²) in [6.45, 7) is 1.73. The van der Waals surface area contributed by atoms with Gasteiger partial charge in [0.15, 0.2) is 11.5 Å². The highest BCUT2D eigenvalue weighted by Gasteiger charge is 2.13. The summed E-state index contributed by atoms with van der Waals surface area (Å²) in [6.07, 6.45) is 6.99. The number of terminal acetylenes is 1. The fourth-order valence-corrected chi connectivity index (χ4v) is 3.78. The Labute approximate surface area is 227 Å². The molecule has 10 nitrogen and oxygen atoms in total. The van der Waals surface area contributed by atoms with Crippen LogP contribution in [-0.4, -0.2) is 63.6 Å². The third-order valence-corrected chi connectivity index (χ3v) is 5.99. The van der Waals surface area contributed by atoms with Gasteiger partial charge in [-0.15, -0.1) is 6.42 Å². The van der Waals surface area contributed by atoms with E-state index in [0.717, 1.165) is 22.2 Å². The summed E-state index contributed by atoms with van der Waals surface area (Å²) in [6, 6.07) is 18.7. The van der Waals surface area contributed by atoms with E-state index in [1.165, 1.54) is 18.5 Å². The molecule has 0 saturated heterocycles. The lowest BCUT2D eigenvalue weighted by Crippen LogP contribution is -2.09. The molecule has 0 aliphatic rings. The number of hydrogen-bond donors (Lipinski definition) is 2. The van der Waals surface area contributed by atoms with Gasteiger partial charge in [-0.25, -0.2) is 9.97 Å². The second kappa shape index (κ2) is 14.7. The summed E-state index contributed by atoms with van der Waals surface area (Å²) < 4.78 is 51.0. The van der Waals surface area contributed by atoms with E-state index in [9.17, 15) is 8.42 Å². The summed E-state index contributed by atoms with van der Waals surface area (Å²) in [4.78, 5) is 8.68. The van der Waals surface area contributed by atoms with E-state index in [-0.39, 0.29) is 4.90 Å². The molecule has 3 aromatic carbocycles. The molecular formula is C28H29N3O7S. The van der Waals surface area contributed by atoms with Crippen molar-refractivity contribution in [2.45, 2.75) is 4.90 Å². The van der Waals surface area contributed by atoms with E-state index in [1.54, 1.807) is 32.4 Å². The number of anilines is 2. The maximum atomic E-state index is 10.4. The van der Waals surface area contributed by atoms with Crippen LogP contribution < -0.4 is 14.8 Å². The Balaban J connectivity index is 0.000000353. The zero-order chi connectivity index (χ0) is 28.1. The number of fused-ring (bicyclic) bond motifs is 1. The monoisotopic (exact) mass is 551 g/mol. The number of hydrogen-bond acceptors (Lipinski definition) is 9. The number of ether oxygens (including phenoxy) is 4. The van der Waals surface area contributed by atoms with Gasteiger partial charge in [-0.05, 0) is 36.4 Å². The standard InChI is InChI=1S/C22H23N3O4.C6H6O3S/c1-4-16-6-5-7-17(12-16)25-22-18-13-20(28-10-8-26-2)21(29-11-9-27-3)14-19(18)23-15-24-22;7-10(8,9)6-4-2-1-3-5-6/h1,5-7,12-15H,8-11H2,2-3H3,(H,23,24,25);1-5H,(H,7,8,9). The number of methoxy groups -OCH3 is 2. The first kappa shape index (κ1) is 29.3. The zero-order valence-corrected chi connectivity index (χ0v) is 22.3. The second-order valence-corrected chi connectivity index (χ2v) is 9.28. The van der Waals surface area contributed by atoms with Crippen LogP contribution in [0.5, 0.6) is 11.5 Å². The lowest BCUT2D eigenvalue weighted by Gasteiger charge is -2.15. The first-order valence-electron chi connectivity index (χ1n) is 11.7. The van der Waals surface area contributed by atoms with Crippen LogP contribution in [0, 0.1) is 12.3 Å². The Morgan fingerprint density at radius 2 is 1.54 bits per heavy atom. The second-order valence-electron chi connectivity index (χ2n) is 7.86. The molecule has 0 aliphatic carbocycles. The summed E-state index contributed by atoms with van der Waals surface area (Å²) in [7, 11) is -0.753. The summed E-state index contributed by atoms with van der Waals surface area (Å²) in [5.41, 5.74) is 2.34. The smallest absolute Gasteiger partial charge is 0.294 e. The third kappa shape index (κ3) is 8.94. The predicted octanol–water partition coefficient (Wildman–Crippen LogP) is 4.34. The molecule has 4 rings (SSSR count). The van der Waals surface area contributed by atoms with Gasteiger partial charge in [0.05, 0.1) is 23.6 Å². The summed E-state index contributed by atoms with van der Waals surface area (Å²) >= 11 is 0. The van der Waals surface area contributed by atoms with E-state index in [4.69, 9.17) is 29.9 Å². The van der Waals surface area contributed by atoms with Gasteiger partial charge in [-0.1, -0.05) is 30.2 Å². The Bertz CT molecular complexity index is 1510. The number of aromatic nitrogens is 2. The van der Waals surface area contributed by atoms with Crippen molar-refractivity contribution >= 4 is 32.5 Å². The van der Waals surface area contributed by atoms with Gasteiger partial charge in [0.1, 0.15) is 25.4 Å². The van der Waals surface area contributed by atoms with Crippen molar-refractivity contribution in [3.8, 4) is 23.8 Å². The van der Waals surface area contributed by atoms with Crippen LogP contribution in [0.15, 0.2) is 78.0 Å². The van der Waals surface area contributed by atoms with Gasteiger partial charge in [-0.2, -0.15) is 8.42 Å². The molecule has 0 bridgehead atoms. The van der Waals surface area contributed by atoms with Gasteiger partial charge < -0.3 is 24.3 Å². The van der Waals surface area contributed by atoms with Crippen LogP contribution in [0.1, 0.15) is 5.56 Å². The Kier molecular flexibility index (Phi) is 11.0. The molecule has 4 aromatic rings. The molecule has 1 aromatic heterocycles. The van der Waals surface area contributed by atoms with Crippen molar-refractivity contribution in [3.05, 3.63) is 78.6 Å². The molecule has 0 saturated carbocycles. The fraction of sp³-hybridized carbons (Fsp3) is 0.214. The molecule has 2 N–H and O–H groups in total. The van der Waals surface area contributed by atoms with E-state index in [0.29, 0.717) is 43.7 Å². The molecule has 11 heteroatoms. The molecule has 204 valence electrons. The molecule has 0 atom stereocenters. The van der Waals surface area contributed by atoms with Crippen molar-refractivity contribution in [3.63, 3.8) is 0 Å². The molecule has 0 amide bonds. The first-order chi connectivity index (χ1) is 18.9. The highest BCUT2D eigenvalue weighted by Crippen LogP contribution is 2.35. The molecule has 39 heavy (non-hydrogen) atoms. The van der Waals surface area contributed by atoms with E-state index >= 15 is 0 Å². The van der Waals surface area contributed by atoms with Gasteiger partial charge in [0.25, 0.3) is 10.1 Å². The highest BCUT2D eigenvalue weighted by atomic mass is 32.2. The maximum absolute atomic E-state index is 10.4. The van der Waals surface area contributed by atoms with Gasteiger partial charge in [-0.3, -0.25) is 4.55 Å². The van der Waals surface area contributed by atoms with E-state index in [2.05, 4.69) is 21.2 Å². The lowest BCUT2D eigenvalue weighted by atomic mass is 10.2. The number of benzene rings is 3. The van der Waals surface area contributed by atoms with E-state index < -0.39 is 10.1 Å². The van der Waals surface area contributed by atoms with Crippen LogP contribution in [0.3, 0.4) is 0 Å². The minimum atomic E-state index is -4.00. The molecule has 0 aliphatic heterocycles. The lowest BCUT2D eigenvalue weighted by molar-refractivity contribution is 0.132. The normalized spacial score (nSPS) is 10.7. The van der Waals surface area contributed by atoms with Crippen molar-refractivity contribution in [2.24, 2.45) is 0 Å². The van der Waals surface area contributed by atoms with Crippen LogP contribution in [0.2, 0.25) is 0 Å². The predicted molar refractivity (Wildman–Crippen MR) is 148 cm³/mol. The quantitative estimate of drug-likeness (QED) is 0.158. The van der Waals surface area contributed by atoms with Crippen molar-refractivity contribution in [2.75, 3.05) is 46.0 Å². The number of nitrogens with zero attached hydrogens (tertiary/aromatic N) is 2. The molecule has 0 spiro atoms. The minimum Gasteiger partial charge on any atom is -0.487 e. The maximum Gasteiger partial charge on any atom is 0.294 e. The Morgan fingerprint density at radius 3 is 2.13 bits per heavy atom. The number of nitrogens with one attached hydrogen (secondary N) is 1. The number of rotatable bonds is 11. The van der Waals surface area contributed by atoms with Crippen LogP contribution >= 0.6 is 0 Å². The molecule has 0 unspecified atom stereocenters. The Morgan fingerprint density at radius 1 is 0.872 bits per heavy atom. The van der Waals surface area contributed by atoms with Crippen LogP contribution in [0.25, 0.3) is 10.9 Å². The molecular weight excluding hydrogens is 522 g/mol. The van der Waals surface area contributed by atoms with Crippen LogP contribution in [-0.2, 0) is 19.6 Å². The Hall–Kier alpha value is -4.21. The van der Waals surface area contributed by atoms with Crippen molar-refractivity contribution in [1.29, 1.82) is 0 Å². The SMILES string of the molecule is C#Cc1cccc(Nc2ncnc3cc(OCCOC)c(OCCOC)cc23)c1.O=S(=O)(O)c1ccccc1. The fourth-order valence-electron chi connectivity index (χ4n) is 3.28. The van der Waals surface area contributed by atoms with Crippen molar-refractivity contribution in [1.82, 2.24) is 9.97 Å². The average molecular weight is 552 g/mol. The van der Waals surface area contributed by atoms with E-state index in [1.807, 2.05) is 36.4 Å². The van der Waals surface area contributed by atoms with Gasteiger partial charge in [0, 0.05) is 36.9 Å². The van der Waals surface area contributed by atoms with Gasteiger partial charge >= 0.3 is 0 Å². The molecule has 1 heterocycles. The average Bonchev–Trinajstić information content (AvgIpc) is 2.94. The zero-order valence-electron chi connectivity index (χ0n) is 21.5. The topological polar surface area (TPSA) is 129 Å². The minimum absolute atomic E-state index is 0.0741. The first-order valence-corrected chi connectivity index (χ1v) is 13.2. The third-order valence-electron chi connectivity index (χ3n) is 5.12. The van der Waals surface area contributed by atoms with Crippen molar-refractivity contribution < 1.29 is 31.9 Å². The summed E-state index contributed by atoms with van der Waals surface area (Å²) in [5.74, 6) is 4.44. The largest absolute Gasteiger partial charge is 0.487 e. The van der Waals surface area contributed by atoms with Gasteiger partial charge in [0.2, 0.25) is 0 Å². The summed E-state index contributed by atoms with van der Waals surface area (Å²) in [5, 5.41) is 4.10. The molecule has 0 radical (unpaired) electrons. The highest BCUT2D eigenvalue weighted by molar-refractivity contribution is 7.85. The van der Waals surface area contributed by atoms with Crippen LogP contribution in [0.4, 0.5) is 11.5 Å². The molecule has 0 fully saturated rings.